The molecule has 0 radical (unpaired) electrons. The molecule has 1 aromatic heterocycles. The number of hydrogen-bond donors (Lipinski definition) is 1. The summed E-state index contributed by atoms with van der Waals surface area (Å²) in [4.78, 5) is 31.4. The van der Waals surface area contributed by atoms with Crippen molar-refractivity contribution in [3.63, 3.8) is 0 Å². The van der Waals surface area contributed by atoms with E-state index in [9.17, 15) is 18.0 Å². The fourth-order valence-electron chi connectivity index (χ4n) is 3.98. The number of sulfone groups is 1. The number of aromatic nitrogens is 2. The van der Waals surface area contributed by atoms with Gasteiger partial charge >= 0.3 is 0 Å². The van der Waals surface area contributed by atoms with Gasteiger partial charge in [-0.15, -0.1) is 0 Å². The molecule has 1 aromatic rings. The molecule has 2 aliphatic heterocycles. The van der Waals surface area contributed by atoms with Crippen molar-refractivity contribution in [1.29, 1.82) is 0 Å². The monoisotopic (exact) mass is 383 g/mol. The second-order valence-electron chi connectivity index (χ2n) is 7.22. The van der Waals surface area contributed by atoms with Crippen molar-refractivity contribution in [2.45, 2.75) is 37.9 Å². The Hall–Kier alpha value is -2.01. The maximum absolute atomic E-state index is 12.7. The summed E-state index contributed by atoms with van der Waals surface area (Å²) in [5.74, 6) is -0.657. The Morgan fingerprint density at radius 1 is 1.19 bits per heavy atom. The molecular formula is C15H21N5O5S. The number of carbonyl (C=O) groups is 2. The zero-order chi connectivity index (χ0) is 18.5. The molecule has 1 aliphatic carbocycles. The molecule has 11 heteroatoms. The highest BCUT2D eigenvalue weighted by molar-refractivity contribution is 7.91. The van der Waals surface area contributed by atoms with Crippen LogP contribution < -0.4 is 5.73 Å². The number of amides is 2. The normalized spacial score (nSPS) is 28.5. The quantitative estimate of drug-likeness (QED) is 0.682. The summed E-state index contributed by atoms with van der Waals surface area (Å²) in [7, 11) is -3.22. The molecule has 1 saturated carbocycles. The topological polar surface area (TPSA) is 140 Å². The van der Waals surface area contributed by atoms with Crippen LogP contribution >= 0.6 is 0 Å². The minimum atomic E-state index is -3.22. The Balaban J connectivity index is 1.52. The Bertz CT molecular complexity index is 833. The first kappa shape index (κ1) is 17.4. The van der Waals surface area contributed by atoms with Crippen LogP contribution in [0.1, 0.15) is 35.8 Å². The SMILES string of the molecule is NC(=O)c1noc(CN2CCN(C(=O)C3CCC3)[C@@H]3CS(=O)(=O)C[C@@H]32)n1. The Kier molecular flexibility index (Phi) is 4.22. The van der Waals surface area contributed by atoms with E-state index in [0.717, 1.165) is 19.3 Å². The van der Waals surface area contributed by atoms with E-state index in [0.29, 0.717) is 13.1 Å². The number of hydrogen-bond acceptors (Lipinski definition) is 8. The number of nitrogens with zero attached hydrogens (tertiary/aromatic N) is 4. The average Bonchev–Trinajstić information content (AvgIpc) is 3.09. The molecule has 2 amide bonds. The molecule has 10 nitrogen and oxygen atoms in total. The lowest BCUT2D eigenvalue weighted by molar-refractivity contribution is -0.144. The number of nitrogens with two attached hydrogens (primary N) is 1. The predicted molar refractivity (Wildman–Crippen MR) is 88.5 cm³/mol. The fraction of sp³-hybridized carbons (Fsp3) is 0.733. The fourth-order valence-corrected chi connectivity index (χ4v) is 5.99. The number of fused-ring (bicyclic) bond motifs is 1. The van der Waals surface area contributed by atoms with Crippen LogP contribution in [0.3, 0.4) is 0 Å². The van der Waals surface area contributed by atoms with Crippen molar-refractivity contribution in [3.8, 4) is 0 Å². The van der Waals surface area contributed by atoms with Gasteiger partial charge in [-0.05, 0) is 12.8 Å². The van der Waals surface area contributed by atoms with Crippen LogP contribution in [0.15, 0.2) is 4.52 Å². The molecule has 0 aromatic carbocycles. The zero-order valence-corrected chi connectivity index (χ0v) is 15.0. The van der Waals surface area contributed by atoms with Crippen molar-refractivity contribution in [2.24, 2.45) is 11.7 Å². The summed E-state index contributed by atoms with van der Waals surface area (Å²) in [6.45, 7) is 1.22. The van der Waals surface area contributed by atoms with Gasteiger partial charge in [0, 0.05) is 25.0 Å². The molecule has 3 heterocycles. The highest BCUT2D eigenvalue weighted by atomic mass is 32.2. The Labute approximate surface area is 150 Å². The summed E-state index contributed by atoms with van der Waals surface area (Å²) in [5, 5.41) is 3.51. The molecule has 3 fully saturated rings. The largest absolute Gasteiger partial charge is 0.363 e. The number of primary amides is 1. The second kappa shape index (κ2) is 6.31. The zero-order valence-electron chi connectivity index (χ0n) is 14.2. The van der Waals surface area contributed by atoms with Crippen LogP contribution in [0.4, 0.5) is 0 Å². The van der Waals surface area contributed by atoms with Gasteiger partial charge in [-0.2, -0.15) is 4.98 Å². The van der Waals surface area contributed by atoms with E-state index in [1.54, 1.807) is 4.90 Å². The molecule has 142 valence electrons. The van der Waals surface area contributed by atoms with Gasteiger partial charge in [0.05, 0.1) is 24.1 Å². The van der Waals surface area contributed by atoms with Gasteiger partial charge < -0.3 is 15.2 Å². The van der Waals surface area contributed by atoms with E-state index in [1.807, 2.05) is 4.90 Å². The Morgan fingerprint density at radius 3 is 2.54 bits per heavy atom. The first-order valence-electron chi connectivity index (χ1n) is 8.71. The van der Waals surface area contributed by atoms with Crippen LogP contribution in [-0.2, 0) is 21.2 Å². The summed E-state index contributed by atoms with van der Waals surface area (Å²) < 4.78 is 29.5. The number of piperazine rings is 1. The van der Waals surface area contributed by atoms with Crippen LogP contribution in [0.5, 0.6) is 0 Å². The Morgan fingerprint density at radius 2 is 1.92 bits per heavy atom. The van der Waals surface area contributed by atoms with Crippen molar-refractivity contribution in [1.82, 2.24) is 19.9 Å². The molecule has 0 bridgehead atoms. The van der Waals surface area contributed by atoms with E-state index in [4.69, 9.17) is 10.3 Å². The van der Waals surface area contributed by atoms with E-state index in [2.05, 4.69) is 10.1 Å². The van der Waals surface area contributed by atoms with Crippen LogP contribution in [0.2, 0.25) is 0 Å². The standard InChI is InChI=1S/C15H21N5O5S/c16-13(21)14-17-12(25-18-14)6-19-4-5-20(15(22)9-2-1-3-9)11-8-26(23,24)7-10(11)19/h9-11H,1-8H2,(H2,16,21)/t10-,11+/m0/s1. The third-order valence-electron chi connectivity index (χ3n) is 5.56. The lowest BCUT2D eigenvalue weighted by Crippen LogP contribution is -2.61. The minimum absolute atomic E-state index is 0.00290. The van der Waals surface area contributed by atoms with Gasteiger partial charge in [0.1, 0.15) is 0 Å². The molecule has 0 unspecified atom stereocenters. The molecule has 4 rings (SSSR count). The first-order chi connectivity index (χ1) is 12.3. The average molecular weight is 383 g/mol. The molecule has 2 saturated heterocycles. The minimum Gasteiger partial charge on any atom is -0.363 e. The van der Waals surface area contributed by atoms with E-state index in [-0.39, 0.29) is 53.7 Å². The highest BCUT2D eigenvalue weighted by Crippen LogP contribution is 2.33. The molecule has 2 N–H and O–H groups in total. The lowest BCUT2D eigenvalue weighted by atomic mass is 9.83. The summed E-state index contributed by atoms with van der Waals surface area (Å²) in [6.07, 6.45) is 2.84. The number of rotatable bonds is 4. The third-order valence-corrected chi connectivity index (χ3v) is 7.25. The van der Waals surface area contributed by atoms with Crippen molar-refractivity contribution >= 4 is 21.7 Å². The second-order valence-corrected chi connectivity index (χ2v) is 9.37. The lowest BCUT2D eigenvalue weighted by Gasteiger charge is -2.45. The number of carbonyl (C=O) groups excluding carboxylic acids is 2. The van der Waals surface area contributed by atoms with Gasteiger partial charge in [-0.25, -0.2) is 8.42 Å². The van der Waals surface area contributed by atoms with Crippen LogP contribution in [0.25, 0.3) is 0 Å². The van der Waals surface area contributed by atoms with E-state index in [1.165, 1.54) is 0 Å². The van der Waals surface area contributed by atoms with E-state index >= 15 is 0 Å². The first-order valence-corrected chi connectivity index (χ1v) is 10.5. The summed E-state index contributed by atoms with van der Waals surface area (Å²) >= 11 is 0. The summed E-state index contributed by atoms with van der Waals surface area (Å²) in [6, 6.07) is -0.651. The third kappa shape index (κ3) is 3.09. The predicted octanol–water partition coefficient (Wildman–Crippen LogP) is -1.22. The molecule has 3 aliphatic rings. The van der Waals surface area contributed by atoms with Crippen LogP contribution in [-0.4, -0.2) is 76.9 Å². The maximum atomic E-state index is 12.7. The molecule has 2 atom stereocenters. The van der Waals surface area contributed by atoms with Gasteiger partial charge in [-0.3, -0.25) is 14.5 Å². The maximum Gasteiger partial charge on any atom is 0.290 e. The van der Waals surface area contributed by atoms with Crippen LogP contribution in [0, 0.1) is 5.92 Å². The molecule has 0 spiro atoms. The summed E-state index contributed by atoms with van der Waals surface area (Å²) in [5.41, 5.74) is 5.12. The highest BCUT2D eigenvalue weighted by Gasteiger charge is 2.49. The van der Waals surface area contributed by atoms with Gasteiger partial charge in [0.2, 0.25) is 11.8 Å². The smallest absolute Gasteiger partial charge is 0.290 e. The molecular weight excluding hydrogens is 362 g/mol. The van der Waals surface area contributed by atoms with Crippen molar-refractivity contribution in [3.05, 3.63) is 11.7 Å². The van der Waals surface area contributed by atoms with E-state index < -0.39 is 15.7 Å². The van der Waals surface area contributed by atoms with Crippen molar-refractivity contribution in [2.75, 3.05) is 24.6 Å². The van der Waals surface area contributed by atoms with Gasteiger partial charge in [0.15, 0.2) is 9.84 Å². The molecule has 26 heavy (non-hydrogen) atoms. The van der Waals surface area contributed by atoms with Crippen molar-refractivity contribution < 1.29 is 22.5 Å². The van der Waals surface area contributed by atoms with Gasteiger partial charge in [0.25, 0.3) is 11.7 Å². The van der Waals surface area contributed by atoms with Gasteiger partial charge in [-0.1, -0.05) is 11.6 Å².